The molecule has 1 aliphatic carbocycles. The van der Waals surface area contributed by atoms with Crippen LogP contribution in [-0.2, 0) is 14.3 Å². The van der Waals surface area contributed by atoms with Crippen molar-refractivity contribution in [2.45, 2.75) is 44.8 Å². The van der Waals surface area contributed by atoms with Gasteiger partial charge in [-0.1, -0.05) is 0 Å². The van der Waals surface area contributed by atoms with Crippen LogP contribution in [0.1, 0.15) is 35.4 Å². The number of Topliss-reactive ketones (excluding diaryl/α,β-unsaturated/α-hetero) is 2. The maximum Gasteiger partial charge on any atom is 0.168 e. The van der Waals surface area contributed by atoms with Crippen molar-refractivity contribution in [2.24, 2.45) is 11.8 Å². The molecule has 0 spiro atoms. The standard InChI is InChI=1S/C23H20F2O4/c1-10-7-13(28-15-4-3-12(24)9-14(15)25)8-11(2)18(10)21-22(26)19-16-5-6-17(29-16)20(19)23(21)27/h3-4,7-9,16-17,19-21H,5-6H2,1-2H3/t16-,17+,19-,20+,21?. The Morgan fingerprint density at radius 3 is 2.07 bits per heavy atom. The molecule has 3 fully saturated rings. The molecule has 0 amide bonds. The van der Waals surface area contributed by atoms with Crippen LogP contribution in [0.2, 0.25) is 0 Å². The summed E-state index contributed by atoms with van der Waals surface area (Å²) in [4.78, 5) is 26.3. The Morgan fingerprint density at radius 1 is 0.931 bits per heavy atom. The topological polar surface area (TPSA) is 52.6 Å². The Balaban J connectivity index is 1.48. The van der Waals surface area contributed by atoms with Gasteiger partial charge in [-0.2, -0.15) is 0 Å². The van der Waals surface area contributed by atoms with Crippen molar-refractivity contribution in [2.75, 3.05) is 0 Å². The van der Waals surface area contributed by atoms with Crippen LogP contribution in [0.4, 0.5) is 8.78 Å². The molecule has 150 valence electrons. The van der Waals surface area contributed by atoms with Gasteiger partial charge in [-0.15, -0.1) is 0 Å². The van der Waals surface area contributed by atoms with E-state index in [9.17, 15) is 18.4 Å². The van der Waals surface area contributed by atoms with E-state index in [2.05, 4.69) is 0 Å². The molecule has 29 heavy (non-hydrogen) atoms. The van der Waals surface area contributed by atoms with E-state index in [1.54, 1.807) is 12.1 Å². The number of hydrogen-bond acceptors (Lipinski definition) is 4. The van der Waals surface area contributed by atoms with Gasteiger partial charge in [0.1, 0.15) is 17.5 Å². The van der Waals surface area contributed by atoms with Gasteiger partial charge < -0.3 is 9.47 Å². The summed E-state index contributed by atoms with van der Waals surface area (Å²) in [5.74, 6) is -2.71. The van der Waals surface area contributed by atoms with Crippen LogP contribution >= 0.6 is 0 Å². The van der Waals surface area contributed by atoms with Crippen molar-refractivity contribution in [3.8, 4) is 11.5 Å². The molecule has 1 saturated carbocycles. The summed E-state index contributed by atoms with van der Waals surface area (Å²) < 4.78 is 38.4. The molecule has 1 unspecified atom stereocenters. The molecule has 2 bridgehead atoms. The number of fused-ring (bicyclic) bond motifs is 5. The van der Waals surface area contributed by atoms with E-state index in [-0.39, 0.29) is 41.4 Å². The number of rotatable bonds is 3. The molecule has 0 aromatic heterocycles. The van der Waals surface area contributed by atoms with Crippen molar-refractivity contribution >= 4 is 11.6 Å². The van der Waals surface area contributed by atoms with Crippen LogP contribution in [-0.4, -0.2) is 23.8 Å². The maximum absolute atomic E-state index is 13.9. The molecule has 5 rings (SSSR count). The zero-order valence-corrected chi connectivity index (χ0v) is 16.1. The van der Waals surface area contributed by atoms with Gasteiger partial charge in [-0.25, -0.2) is 8.78 Å². The van der Waals surface area contributed by atoms with Crippen LogP contribution in [0.5, 0.6) is 11.5 Å². The first-order chi connectivity index (χ1) is 13.8. The molecule has 2 aromatic rings. The molecule has 2 aromatic carbocycles. The molecule has 5 atom stereocenters. The van der Waals surface area contributed by atoms with Crippen molar-refractivity contribution in [1.29, 1.82) is 0 Å². The second-order valence-electron chi connectivity index (χ2n) is 8.23. The first kappa shape index (κ1) is 18.4. The lowest BCUT2D eigenvalue weighted by Gasteiger charge is -2.18. The second kappa shape index (κ2) is 6.46. The lowest BCUT2D eigenvalue weighted by molar-refractivity contribution is -0.127. The first-order valence-electron chi connectivity index (χ1n) is 9.82. The largest absolute Gasteiger partial charge is 0.454 e. The molecular formula is C23H20F2O4. The van der Waals surface area contributed by atoms with Crippen molar-refractivity contribution in [3.63, 3.8) is 0 Å². The van der Waals surface area contributed by atoms with Crippen LogP contribution in [0.3, 0.4) is 0 Å². The van der Waals surface area contributed by atoms with Gasteiger partial charge in [-0.3, -0.25) is 9.59 Å². The highest BCUT2D eigenvalue weighted by Gasteiger charge is 2.63. The third-order valence-electron chi connectivity index (χ3n) is 6.48. The van der Waals surface area contributed by atoms with Crippen molar-refractivity contribution < 1.29 is 27.8 Å². The van der Waals surface area contributed by atoms with E-state index in [0.717, 1.165) is 36.1 Å². The van der Waals surface area contributed by atoms with Crippen LogP contribution < -0.4 is 4.74 Å². The van der Waals surface area contributed by atoms with Gasteiger partial charge in [0.05, 0.1) is 24.0 Å². The lowest BCUT2D eigenvalue weighted by atomic mass is 9.81. The zero-order chi connectivity index (χ0) is 20.4. The Morgan fingerprint density at radius 2 is 1.52 bits per heavy atom. The molecule has 6 heteroatoms. The Kier molecular flexibility index (Phi) is 4.10. The Labute approximate surface area is 166 Å². The minimum atomic E-state index is -0.797. The smallest absolute Gasteiger partial charge is 0.168 e. The fraction of sp³-hybridized carbons (Fsp3) is 0.391. The number of hydrogen-bond donors (Lipinski definition) is 0. The monoisotopic (exact) mass is 398 g/mol. The Hall–Kier alpha value is -2.60. The fourth-order valence-electron chi connectivity index (χ4n) is 5.34. The highest BCUT2D eigenvalue weighted by molar-refractivity contribution is 6.17. The average Bonchev–Trinajstić information content (AvgIpc) is 3.33. The number of ether oxygens (including phenoxy) is 2. The summed E-state index contributed by atoms with van der Waals surface area (Å²) in [6, 6.07) is 6.48. The minimum absolute atomic E-state index is 0.0448. The number of carbonyl (C=O) groups is 2. The van der Waals surface area contributed by atoms with Crippen molar-refractivity contribution in [3.05, 3.63) is 58.7 Å². The summed E-state index contributed by atoms with van der Waals surface area (Å²) in [6.45, 7) is 3.63. The molecular weight excluding hydrogens is 378 g/mol. The molecule has 2 saturated heterocycles. The number of carbonyl (C=O) groups excluding carboxylic acids is 2. The van der Waals surface area contributed by atoms with Gasteiger partial charge in [0.15, 0.2) is 23.1 Å². The zero-order valence-electron chi connectivity index (χ0n) is 16.1. The summed E-state index contributed by atoms with van der Waals surface area (Å²) in [5.41, 5.74) is 2.19. The van der Waals surface area contributed by atoms with Crippen molar-refractivity contribution in [1.82, 2.24) is 0 Å². The number of aryl methyl sites for hydroxylation is 2. The van der Waals surface area contributed by atoms with E-state index >= 15 is 0 Å². The predicted molar refractivity (Wildman–Crippen MR) is 100.0 cm³/mol. The van der Waals surface area contributed by atoms with E-state index in [0.29, 0.717) is 11.3 Å². The van der Waals surface area contributed by atoms with Gasteiger partial charge in [-0.05, 0) is 67.6 Å². The number of ketones is 2. The maximum atomic E-state index is 13.9. The highest BCUT2D eigenvalue weighted by Crippen LogP contribution is 2.53. The molecule has 2 aliphatic heterocycles. The second-order valence-corrected chi connectivity index (χ2v) is 8.23. The Bertz CT molecular complexity index is 996. The van der Waals surface area contributed by atoms with Crippen LogP contribution in [0, 0.1) is 37.3 Å². The third-order valence-corrected chi connectivity index (χ3v) is 6.48. The quantitative estimate of drug-likeness (QED) is 0.719. The molecule has 0 N–H and O–H groups in total. The van der Waals surface area contributed by atoms with Gasteiger partial charge in [0.25, 0.3) is 0 Å². The van der Waals surface area contributed by atoms with Gasteiger partial charge in [0, 0.05) is 6.07 Å². The average molecular weight is 398 g/mol. The first-order valence-corrected chi connectivity index (χ1v) is 9.82. The third kappa shape index (κ3) is 2.73. The van der Waals surface area contributed by atoms with E-state index < -0.39 is 17.6 Å². The summed E-state index contributed by atoms with van der Waals surface area (Å²) in [6.07, 6.45) is 1.42. The molecule has 4 nitrogen and oxygen atoms in total. The number of benzene rings is 2. The van der Waals surface area contributed by atoms with Crippen LogP contribution in [0.15, 0.2) is 30.3 Å². The summed E-state index contributed by atoms with van der Waals surface area (Å²) in [5, 5.41) is 0. The van der Waals surface area contributed by atoms with E-state index in [1.807, 2.05) is 13.8 Å². The minimum Gasteiger partial charge on any atom is -0.454 e. The fourth-order valence-corrected chi connectivity index (χ4v) is 5.34. The van der Waals surface area contributed by atoms with E-state index in [1.165, 1.54) is 6.07 Å². The predicted octanol–water partition coefficient (Wildman–Crippen LogP) is 4.40. The SMILES string of the molecule is Cc1cc(Oc2ccc(F)cc2F)cc(C)c1C1C(=O)[C@@H]2[C@H](C1=O)[C@H]1CC[C@@H]2O1. The van der Waals surface area contributed by atoms with Gasteiger partial charge >= 0.3 is 0 Å². The van der Waals surface area contributed by atoms with Gasteiger partial charge in [0.2, 0.25) is 0 Å². The molecule has 0 radical (unpaired) electrons. The molecule has 2 heterocycles. The normalized spacial score (nSPS) is 30.1. The number of halogens is 2. The summed E-state index contributed by atoms with van der Waals surface area (Å²) >= 11 is 0. The van der Waals surface area contributed by atoms with Crippen LogP contribution in [0.25, 0.3) is 0 Å². The lowest BCUT2D eigenvalue weighted by Crippen LogP contribution is -2.29. The summed E-state index contributed by atoms with van der Waals surface area (Å²) in [7, 11) is 0. The molecule has 3 aliphatic rings. The van der Waals surface area contributed by atoms with E-state index in [4.69, 9.17) is 9.47 Å². The highest BCUT2D eigenvalue weighted by atomic mass is 19.1.